The van der Waals surface area contributed by atoms with E-state index in [0.29, 0.717) is 5.56 Å². The molecular formula is C18H21N3O. The van der Waals surface area contributed by atoms with Gasteiger partial charge in [0, 0.05) is 32.0 Å². The van der Waals surface area contributed by atoms with Crippen LogP contribution in [0.1, 0.15) is 28.8 Å². The average molecular weight is 295 g/mol. The Kier molecular flexibility index (Phi) is 4.68. The number of aromatic nitrogens is 1. The molecule has 22 heavy (non-hydrogen) atoms. The maximum atomic E-state index is 12.4. The van der Waals surface area contributed by atoms with Crippen LogP contribution in [0.15, 0.2) is 48.8 Å². The SMILES string of the molecule is O=C(c1cncc(NCCc2ccccc2)c1)N1CCCC1. The van der Waals surface area contributed by atoms with Gasteiger partial charge >= 0.3 is 0 Å². The van der Waals surface area contributed by atoms with Crippen molar-refractivity contribution in [3.63, 3.8) is 0 Å². The van der Waals surface area contributed by atoms with E-state index in [-0.39, 0.29) is 5.91 Å². The van der Waals surface area contributed by atoms with Gasteiger partial charge in [0.2, 0.25) is 0 Å². The van der Waals surface area contributed by atoms with Crippen molar-refractivity contribution in [3.05, 3.63) is 59.9 Å². The number of rotatable bonds is 5. The number of benzene rings is 1. The zero-order chi connectivity index (χ0) is 15.2. The van der Waals surface area contributed by atoms with E-state index in [1.165, 1.54) is 5.56 Å². The van der Waals surface area contributed by atoms with Crippen molar-refractivity contribution >= 4 is 11.6 Å². The van der Waals surface area contributed by atoms with Crippen molar-refractivity contribution in [2.24, 2.45) is 0 Å². The number of carbonyl (C=O) groups excluding carboxylic acids is 1. The Labute approximate surface area is 131 Å². The Morgan fingerprint density at radius 1 is 1.14 bits per heavy atom. The highest BCUT2D eigenvalue weighted by molar-refractivity contribution is 5.94. The predicted octanol–water partition coefficient (Wildman–Crippen LogP) is 2.97. The number of nitrogens with zero attached hydrogens (tertiary/aromatic N) is 2. The molecule has 3 rings (SSSR count). The van der Waals surface area contributed by atoms with Crippen LogP contribution in [0.4, 0.5) is 5.69 Å². The molecule has 2 heterocycles. The molecular weight excluding hydrogens is 274 g/mol. The van der Waals surface area contributed by atoms with E-state index in [4.69, 9.17) is 0 Å². The zero-order valence-electron chi connectivity index (χ0n) is 12.7. The lowest BCUT2D eigenvalue weighted by molar-refractivity contribution is 0.0792. The summed E-state index contributed by atoms with van der Waals surface area (Å²) < 4.78 is 0. The van der Waals surface area contributed by atoms with Crippen molar-refractivity contribution in [1.29, 1.82) is 0 Å². The lowest BCUT2D eigenvalue weighted by Crippen LogP contribution is -2.27. The second-order valence-electron chi connectivity index (χ2n) is 5.62. The highest BCUT2D eigenvalue weighted by Crippen LogP contribution is 2.15. The average Bonchev–Trinajstić information content (AvgIpc) is 3.10. The van der Waals surface area contributed by atoms with Gasteiger partial charge in [-0.3, -0.25) is 9.78 Å². The monoisotopic (exact) mass is 295 g/mol. The van der Waals surface area contributed by atoms with Crippen LogP contribution in [-0.4, -0.2) is 35.4 Å². The summed E-state index contributed by atoms with van der Waals surface area (Å²) in [5.74, 6) is 0.0942. The van der Waals surface area contributed by atoms with Gasteiger partial charge in [-0.2, -0.15) is 0 Å². The van der Waals surface area contributed by atoms with Crippen molar-refractivity contribution < 1.29 is 4.79 Å². The highest BCUT2D eigenvalue weighted by Gasteiger charge is 2.19. The Bertz CT molecular complexity index is 621. The molecule has 4 heteroatoms. The number of carbonyl (C=O) groups is 1. The Balaban J connectivity index is 1.58. The van der Waals surface area contributed by atoms with E-state index in [0.717, 1.165) is 44.6 Å². The third-order valence-electron chi connectivity index (χ3n) is 3.96. The van der Waals surface area contributed by atoms with Gasteiger partial charge in [-0.05, 0) is 30.9 Å². The van der Waals surface area contributed by atoms with Gasteiger partial charge in [-0.25, -0.2) is 0 Å². The number of hydrogen-bond donors (Lipinski definition) is 1. The minimum absolute atomic E-state index is 0.0942. The Morgan fingerprint density at radius 3 is 2.68 bits per heavy atom. The molecule has 1 fully saturated rings. The maximum Gasteiger partial charge on any atom is 0.255 e. The summed E-state index contributed by atoms with van der Waals surface area (Å²) in [6, 6.07) is 12.3. The van der Waals surface area contributed by atoms with E-state index in [1.54, 1.807) is 12.4 Å². The largest absolute Gasteiger partial charge is 0.383 e. The molecule has 0 bridgehead atoms. The maximum absolute atomic E-state index is 12.4. The Hall–Kier alpha value is -2.36. The second kappa shape index (κ2) is 7.07. The molecule has 4 nitrogen and oxygen atoms in total. The van der Waals surface area contributed by atoms with Crippen LogP contribution in [-0.2, 0) is 6.42 Å². The number of likely N-dealkylation sites (tertiary alicyclic amines) is 1. The van der Waals surface area contributed by atoms with E-state index in [9.17, 15) is 4.79 Å². The van der Waals surface area contributed by atoms with Gasteiger partial charge in [-0.1, -0.05) is 30.3 Å². The fraction of sp³-hybridized carbons (Fsp3) is 0.333. The number of hydrogen-bond acceptors (Lipinski definition) is 3. The molecule has 1 aliphatic heterocycles. The van der Waals surface area contributed by atoms with E-state index >= 15 is 0 Å². The molecule has 2 aromatic rings. The zero-order valence-corrected chi connectivity index (χ0v) is 12.7. The lowest BCUT2D eigenvalue weighted by atomic mass is 10.1. The first-order valence-corrected chi connectivity index (χ1v) is 7.85. The van der Waals surface area contributed by atoms with Gasteiger partial charge in [0.05, 0.1) is 11.3 Å². The number of pyridine rings is 1. The number of anilines is 1. The minimum Gasteiger partial charge on any atom is -0.383 e. The topological polar surface area (TPSA) is 45.2 Å². The number of nitrogens with one attached hydrogen (secondary N) is 1. The first-order valence-electron chi connectivity index (χ1n) is 7.85. The lowest BCUT2D eigenvalue weighted by Gasteiger charge is -2.15. The summed E-state index contributed by atoms with van der Waals surface area (Å²) in [5, 5.41) is 3.35. The molecule has 114 valence electrons. The first kappa shape index (κ1) is 14.6. The van der Waals surface area contributed by atoms with Crippen LogP contribution in [0.3, 0.4) is 0 Å². The molecule has 1 amide bonds. The summed E-state index contributed by atoms with van der Waals surface area (Å²) in [6.45, 7) is 2.56. The van der Waals surface area contributed by atoms with Gasteiger partial charge in [0.1, 0.15) is 0 Å². The molecule has 1 aromatic heterocycles. The van der Waals surface area contributed by atoms with Gasteiger partial charge in [0.15, 0.2) is 0 Å². The van der Waals surface area contributed by atoms with Gasteiger partial charge in [0.25, 0.3) is 5.91 Å². The van der Waals surface area contributed by atoms with Crippen LogP contribution in [0.25, 0.3) is 0 Å². The fourth-order valence-electron chi connectivity index (χ4n) is 2.75. The van der Waals surface area contributed by atoms with E-state index in [2.05, 4.69) is 22.4 Å². The molecule has 1 aliphatic rings. The predicted molar refractivity (Wildman–Crippen MR) is 88.0 cm³/mol. The molecule has 0 radical (unpaired) electrons. The quantitative estimate of drug-likeness (QED) is 0.922. The molecule has 0 unspecified atom stereocenters. The highest BCUT2D eigenvalue weighted by atomic mass is 16.2. The normalized spacial score (nSPS) is 14.1. The minimum atomic E-state index is 0.0942. The van der Waals surface area contributed by atoms with Crippen molar-refractivity contribution in [2.45, 2.75) is 19.3 Å². The van der Waals surface area contributed by atoms with Crippen molar-refractivity contribution in [2.75, 3.05) is 25.0 Å². The first-order chi connectivity index (χ1) is 10.8. The van der Waals surface area contributed by atoms with Crippen LogP contribution in [0, 0.1) is 0 Å². The van der Waals surface area contributed by atoms with E-state index in [1.807, 2.05) is 29.2 Å². The summed E-state index contributed by atoms with van der Waals surface area (Å²) in [6.07, 6.45) is 6.59. The molecule has 1 aromatic carbocycles. The van der Waals surface area contributed by atoms with Crippen LogP contribution in [0.5, 0.6) is 0 Å². The third kappa shape index (κ3) is 3.64. The van der Waals surface area contributed by atoms with Crippen LogP contribution in [0.2, 0.25) is 0 Å². The molecule has 0 spiro atoms. The van der Waals surface area contributed by atoms with Gasteiger partial charge < -0.3 is 10.2 Å². The fourth-order valence-corrected chi connectivity index (χ4v) is 2.75. The molecule has 0 aliphatic carbocycles. The van der Waals surface area contributed by atoms with Crippen LogP contribution >= 0.6 is 0 Å². The molecule has 1 N–H and O–H groups in total. The standard InChI is InChI=1S/C18H21N3O/c22-18(21-10-4-5-11-21)16-12-17(14-19-13-16)20-9-8-15-6-2-1-3-7-15/h1-3,6-7,12-14,20H,4-5,8-11H2. The van der Waals surface area contributed by atoms with Gasteiger partial charge in [-0.15, -0.1) is 0 Å². The summed E-state index contributed by atoms with van der Waals surface area (Å²) in [4.78, 5) is 18.5. The second-order valence-corrected chi connectivity index (χ2v) is 5.62. The summed E-state index contributed by atoms with van der Waals surface area (Å²) >= 11 is 0. The summed E-state index contributed by atoms with van der Waals surface area (Å²) in [5.41, 5.74) is 2.87. The molecule has 1 saturated heterocycles. The van der Waals surface area contributed by atoms with Crippen molar-refractivity contribution in [3.8, 4) is 0 Å². The Morgan fingerprint density at radius 2 is 1.91 bits per heavy atom. The molecule has 0 atom stereocenters. The third-order valence-corrected chi connectivity index (χ3v) is 3.96. The molecule has 0 saturated carbocycles. The smallest absolute Gasteiger partial charge is 0.255 e. The van der Waals surface area contributed by atoms with Crippen LogP contribution < -0.4 is 5.32 Å². The number of amides is 1. The van der Waals surface area contributed by atoms with E-state index < -0.39 is 0 Å². The van der Waals surface area contributed by atoms with Crippen molar-refractivity contribution in [1.82, 2.24) is 9.88 Å². The summed E-state index contributed by atoms with van der Waals surface area (Å²) in [7, 11) is 0.